The molecular weight excluding hydrogens is 278 g/mol. The largest absolute Gasteiger partial charge is 0.375 e. The van der Waals surface area contributed by atoms with Crippen LogP contribution in [0.15, 0.2) is 16.8 Å². The van der Waals surface area contributed by atoms with Crippen molar-refractivity contribution in [2.75, 3.05) is 12.3 Å². The van der Waals surface area contributed by atoms with E-state index in [2.05, 4.69) is 23.4 Å². The fourth-order valence-electron chi connectivity index (χ4n) is 2.51. The topological polar surface area (TPSA) is 59.2 Å². The Morgan fingerprint density at radius 1 is 1.58 bits per heavy atom. The molecule has 0 saturated carbocycles. The molecule has 3 heterocycles. The van der Waals surface area contributed by atoms with Crippen LogP contribution in [0, 0.1) is 0 Å². The normalized spacial score (nSPS) is 18.4. The van der Waals surface area contributed by atoms with Crippen molar-refractivity contribution < 1.29 is 4.79 Å². The highest BCUT2D eigenvalue weighted by molar-refractivity contribution is 7.13. The molecule has 4 nitrogen and oxygen atoms in total. The van der Waals surface area contributed by atoms with E-state index >= 15 is 0 Å². The molecule has 1 amide bonds. The van der Waals surface area contributed by atoms with Crippen molar-refractivity contribution in [1.82, 2.24) is 9.88 Å². The molecule has 0 radical (unpaired) electrons. The number of carbonyl (C=O) groups excluding carboxylic acids is 1. The number of nitrogen functional groups attached to an aromatic ring is 1. The maximum atomic E-state index is 12.4. The van der Waals surface area contributed by atoms with Gasteiger partial charge >= 0.3 is 0 Å². The summed E-state index contributed by atoms with van der Waals surface area (Å²) in [6.45, 7) is 2.89. The number of anilines is 1. The van der Waals surface area contributed by atoms with Crippen molar-refractivity contribution in [3.05, 3.63) is 33.0 Å². The number of hydrogen-bond donors (Lipinski definition) is 1. The van der Waals surface area contributed by atoms with Gasteiger partial charge in [0.2, 0.25) is 5.91 Å². The van der Waals surface area contributed by atoms with E-state index in [1.54, 1.807) is 11.3 Å². The van der Waals surface area contributed by atoms with Crippen molar-refractivity contribution in [3.8, 4) is 0 Å². The molecule has 2 aromatic heterocycles. The fourth-order valence-corrected chi connectivity index (χ4v) is 4.04. The molecule has 1 aliphatic heterocycles. The second-order valence-corrected chi connectivity index (χ2v) is 6.56. The minimum atomic E-state index is 0.134. The summed E-state index contributed by atoms with van der Waals surface area (Å²) in [5.41, 5.74) is 7.66. The summed E-state index contributed by atoms with van der Waals surface area (Å²) in [6, 6.07) is 2.30. The Balaban J connectivity index is 1.74. The molecule has 0 spiro atoms. The first-order valence-corrected chi connectivity index (χ1v) is 7.96. The van der Waals surface area contributed by atoms with Crippen molar-refractivity contribution in [2.24, 2.45) is 0 Å². The predicted molar refractivity (Wildman–Crippen MR) is 78.4 cm³/mol. The quantitative estimate of drug-likeness (QED) is 0.925. The minimum Gasteiger partial charge on any atom is -0.375 e. The summed E-state index contributed by atoms with van der Waals surface area (Å²) in [5.74, 6) is 0.134. The molecule has 0 saturated heterocycles. The maximum Gasteiger partial charge on any atom is 0.229 e. The summed E-state index contributed by atoms with van der Waals surface area (Å²) < 4.78 is 0. The lowest BCUT2D eigenvalue weighted by Crippen LogP contribution is -2.39. The zero-order valence-electron chi connectivity index (χ0n) is 10.6. The average molecular weight is 293 g/mol. The lowest BCUT2D eigenvalue weighted by molar-refractivity contribution is -0.133. The van der Waals surface area contributed by atoms with Gasteiger partial charge in [-0.1, -0.05) is 0 Å². The van der Waals surface area contributed by atoms with Crippen molar-refractivity contribution in [1.29, 1.82) is 0 Å². The maximum absolute atomic E-state index is 12.4. The van der Waals surface area contributed by atoms with Crippen molar-refractivity contribution >= 4 is 33.7 Å². The van der Waals surface area contributed by atoms with E-state index in [1.807, 2.05) is 10.3 Å². The third-order valence-electron chi connectivity index (χ3n) is 3.50. The van der Waals surface area contributed by atoms with Crippen LogP contribution >= 0.6 is 22.7 Å². The van der Waals surface area contributed by atoms with Crippen LogP contribution in [0.1, 0.15) is 29.1 Å². The number of nitrogens with zero attached hydrogens (tertiary/aromatic N) is 2. The molecule has 3 rings (SSSR count). The van der Waals surface area contributed by atoms with Crippen LogP contribution in [0.25, 0.3) is 0 Å². The number of rotatable bonds is 2. The van der Waals surface area contributed by atoms with Gasteiger partial charge < -0.3 is 10.6 Å². The first kappa shape index (κ1) is 12.6. The highest BCUT2D eigenvalue weighted by Gasteiger charge is 2.28. The Labute approximate surface area is 119 Å². The average Bonchev–Trinajstić information content (AvgIpc) is 2.99. The second kappa shape index (κ2) is 4.94. The Morgan fingerprint density at radius 3 is 3.16 bits per heavy atom. The van der Waals surface area contributed by atoms with Gasteiger partial charge in [0.15, 0.2) is 5.13 Å². The molecule has 1 unspecified atom stereocenters. The van der Waals surface area contributed by atoms with Crippen LogP contribution in [-0.2, 0) is 17.6 Å². The number of carbonyl (C=O) groups is 1. The smallest absolute Gasteiger partial charge is 0.229 e. The Hall–Kier alpha value is -1.40. The summed E-state index contributed by atoms with van der Waals surface area (Å²) in [4.78, 5) is 19.9. The van der Waals surface area contributed by atoms with Crippen LogP contribution in [0.4, 0.5) is 5.13 Å². The van der Waals surface area contributed by atoms with Gasteiger partial charge in [0, 0.05) is 16.8 Å². The molecule has 1 atom stereocenters. The van der Waals surface area contributed by atoms with E-state index in [0.717, 1.165) is 18.7 Å². The van der Waals surface area contributed by atoms with E-state index in [9.17, 15) is 4.79 Å². The highest BCUT2D eigenvalue weighted by atomic mass is 32.1. The van der Waals surface area contributed by atoms with Gasteiger partial charge in [0.1, 0.15) is 0 Å². The monoisotopic (exact) mass is 293 g/mol. The molecule has 2 N–H and O–H groups in total. The van der Waals surface area contributed by atoms with Gasteiger partial charge in [-0.05, 0) is 30.4 Å². The first-order chi connectivity index (χ1) is 9.15. The fraction of sp³-hybridized carbons (Fsp3) is 0.385. The molecule has 0 aromatic carbocycles. The molecule has 100 valence electrons. The summed E-state index contributed by atoms with van der Waals surface area (Å²) in [7, 11) is 0. The Bertz CT molecular complexity index is 605. The number of nitrogens with two attached hydrogens (primary N) is 1. The lowest BCUT2D eigenvalue weighted by Gasteiger charge is -2.33. The molecule has 0 fully saturated rings. The van der Waals surface area contributed by atoms with Gasteiger partial charge in [-0.3, -0.25) is 4.79 Å². The van der Waals surface area contributed by atoms with Gasteiger partial charge in [-0.25, -0.2) is 4.98 Å². The van der Waals surface area contributed by atoms with Crippen molar-refractivity contribution in [2.45, 2.75) is 25.8 Å². The highest BCUT2D eigenvalue weighted by Crippen LogP contribution is 2.33. The number of thiazole rings is 1. The van der Waals surface area contributed by atoms with Crippen LogP contribution < -0.4 is 5.73 Å². The standard InChI is InChI=1S/C13H15N3OS2/c1-8-10-3-5-18-11(10)2-4-16(8)12(17)6-9-7-19-13(14)15-9/h3,5,7-8H,2,4,6H2,1H3,(H2,14,15). The molecule has 2 aromatic rings. The number of thiophene rings is 1. The van der Waals surface area contributed by atoms with Crippen LogP contribution in [0.3, 0.4) is 0 Å². The van der Waals surface area contributed by atoms with Gasteiger partial charge in [0.25, 0.3) is 0 Å². The summed E-state index contributed by atoms with van der Waals surface area (Å²) in [5, 5.41) is 4.49. The molecule has 19 heavy (non-hydrogen) atoms. The second-order valence-electron chi connectivity index (χ2n) is 4.67. The van der Waals surface area contributed by atoms with Crippen molar-refractivity contribution in [3.63, 3.8) is 0 Å². The molecule has 0 bridgehead atoms. The van der Waals surface area contributed by atoms with E-state index in [-0.39, 0.29) is 11.9 Å². The Kier molecular flexibility index (Phi) is 3.28. The first-order valence-electron chi connectivity index (χ1n) is 6.21. The van der Waals surface area contributed by atoms with E-state index < -0.39 is 0 Å². The summed E-state index contributed by atoms with van der Waals surface area (Å²) >= 11 is 3.17. The SMILES string of the molecule is CC1c2ccsc2CCN1C(=O)Cc1csc(N)n1. The number of aromatic nitrogens is 1. The molecule has 1 aliphatic rings. The van der Waals surface area contributed by atoms with E-state index in [4.69, 9.17) is 5.73 Å². The van der Waals surface area contributed by atoms with Gasteiger partial charge in [-0.2, -0.15) is 0 Å². The zero-order chi connectivity index (χ0) is 13.4. The molecular formula is C13H15N3OS2. The number of fused-ring (bicyclic) bond motifs is 1. The Morgan fingerprint density at radius 2 is 2.42 bits per heavy atom. The molecule has 0 aliphatic carbocycles. The predicted octanol–water partition coefficient (Wildman–Crippen LogP) is 2.48. The zero-order valence-corrected chi connectivity index (χ0v) is 12.3. The van der Waals surface area contributed by atoms with E-state index in [0.29, 0.717) is 11.6 Å². The lowest BCUT2D eigenvalue weighted by atomic mass is 10.0. The van der Waals surface area contributed by atoms with Crippen LogP contribution in [0.2, 0.25) is 0 Å². The van der Waals surface area contributed by atoms with Crippen LogP contribution in [0.5, 0.6) is 0 Å². The van der Waals surface area contributed by atoms with Crippen LogP contribution in [-0.4, -0.2) is 22.3 Å². The summed E-state index contributed by atoms with van der Waals surface area (Å²) in [6.07, 6.45) is 1.31. The third-order valence-corrected chi connectivity index (χ3v) is 5.22. The number of hydrogen-bond acceptors (Lipinski definition) is 5. The van der Waals surface area contributed by atoms with Gasteiger partial charge in [0.05, 0.1) is 18.2 Å². The van der Waals surface area contributed by atoms with Gasteiger partial charge in [-0.15, -0.1) is 22.7 Å². The minimum absolute atomic E-state index is 0.134. The van der Waals surface area contributed by atoms with E-state index in [1.165, 1.54) is 21.8 Å². The molecule has 6 heteroatoms. The third kappa shape index (κ3) is 2.37. The number of amides is 1.